The van der Waals surface area contributed by atoms with E-state index in [1.165, 1.54) is 0 Å². The monoisotopic (exact) mass is 241 g/mol. The van der Waals surface area contributed by atoms with Gasteiger partial charge in [0.1, 0.15) is 5.15 Å². The third-order valence-electron chi connectivity index (χ3n) is 2.60. The lowest BCUT2D eigenvalue weighted by molar-refractivity contribution is -0.0278. The SMILES string of the molecule is CC1(C)CN(c2nc(Cl)ccc2N)CCO1. The first-order valence-electron chi connectivity index (χ1n) is 5.29. The lowest BCUT2D eigenvalue weighted by atomic mass is 10.1. The van der Waals surface area contributed by atoms with Crippen LogP contribution in [0, 0.1) is 0 Å². The van der Waals surface area contributed by atoms with Crippen molar-refractivity contribution in [3.8, 4) is 0 Å². The number of ether oxygens (including phenoxy) is 1. The Hall–Kier alpha value is -1.00. The first-order valence-corrected chi connectivity index (χ1v) is 5.67. The summed E-state index contributed by atoms with van der Waals surface area (Å²) in [6, 6.07) is 3.49. The number of rotatable bonds is 1. The molecule has 2 N–H and O–H groups in total. The van der Waals surface area contributed by atoms with Gasteiger partial charge in [0, 0.05) is 13.1 Å². The van der Waals surface area contributed by atoms with E-state index in [1.54, 1.807) is 12.1 Å². The maximum Gasteiger partial charge on any atom is 0.153 e. The summed E-state index contributed by atoms with van der Waals surface area (Å²) in [6.45, 7) is 6.35. The molecule has 0 bridgehead atoms. The molecule has 1 aliphatic rings. The van der Waals surface area contributed by atoms with Crippen molar-refractivity contribution in [2.45, 2.75) is 19.4 Å². The lowest BCUT2D eigenvalue weighted by Crippen LogP contribution is -2.48. The second-order valence-electron chi connectivity index (χ2n) is 4.58. The van der Waals surface area contributed by atoms with E-state index in [9.17, 15) is 0 Å². The number of halogens is 1. The zero-order chi connectivity index (χ0) is 11.8. The Bertz CT molecular complexity index is 395. The maximum absolute atomic E-state index is 5.91. The fraction of sp³-hybridized carbons (Fsp3) is 0.545. The quantitative estimate of drug-likeness (QED) is 0.764. The van der Waals surface area contributed by atoms with Gasteiger partial charge in [0.15, 0.2) is 5.82 Å². The molecule has 0 saturated carbocycles. The van der Waals surface area contributed by atoms with Crippen molar-refractivity contribution in [3.63, 3.8) is 0 Å². The highest BCUT2D eigenvalue weighted by Crippen LogP contribution is 2.27. The van der Waals surface area contributed by atoms with E-state index in [1.807, 2.05) is 0 Å². The number of morpholine rings is 1. The number of hydrogen-bond donors (Lipinski definition) is 1. The highest BCUT2D eigenvalue weighted by molar-refractivity contribution is 6.29. The number of nitrogen functional groups attached to an aromatic ring is 1. The molecule has 1 aliphatic heterocycles. The average molecular weight is 242 g/mol. The summed E-state index contributed by atoms with van der Waals surface area (Å²) < 4.78 is 5.64. The number of aromatic nitrogens is 1. The second kappa shape index (κ2) is 4.11. The molecule has 88 valence electrons. The summed E-state index contributed by atoms with van der Waals surface area (Å²) in [6.07, 6.45) is 0. The van der Waals surface area contributed by atoms with Crippen LogP contribution < -0.4 is 10.6 Å². The molecule has 0 amide bonds. The summed E-state index contributed by atoms with van der Waals surface area (Å²) in [7, 11) is 0. The minimum Gasteiger partial charge on any atom is -0.396 e. The minimum atomic E-state index is -0.172. The second-order valence-corrected chi connectivity index (χ2v) is 4.96. The van der Waals surface area contributed by atoms with Crippen molar-refractivity contribution < 1.29 is 4.74 Å². The molecule has 0 radical (unpaired) electrons. The van der Waals surface area contributed by atoms with Crippen molar-refractivity contribution in [3.05, 3.63) is 17.3 Å². The lowest BCUT2D eigenvalue weighted by Gasteiger charge is -2.39. The molecule has 2 heterocycles. The van der Waals surface area contributed by atoms with Gasteiger partial charge < -0.3 is 15.4 Å². The van der Waals surface area contributed by atoms with Gasteiger partial charge in [-0.3, -0.25) is 0 Å². The summed E-state index contributed by atoms with van der Waals surface area (Å²) in [5, 5.41) is 0.466. The standard InChI is InChI=1S/C11H16ClN3O/c1-11(2)7-15(5-6-16-11)10-8(13)3-4-9(12)14-10/h3-4H,5-7,13H2,1-2H3. The third-order valence-corrected chi connectivity index (χ3v) is 2.81. The van der Waals surface area contributed by atoms with E-state index in [0.29, 0.717) is 17.4 Å². The van der Waals surface area contributed by atoms with Crippen LogP contribution in [-0.4, -0.2) is 30.3 Å². The van der Waals surface area contributed by atoms with Crippen LogP contribution in [0.3, 0.4) is 0 Å². The number of nitrogens with zero attached hydrogens (tertiary/aromatic N) is 2. The van der Waals surface area contributed by atoms with Crippen LogP contribution in [0.15, 0.2) is 12.1 Å². The highest BCUT2D eigenvalue weighted by atomic mass is 35.5. The number of hydrogen-bond acceptors (Lipinski definition) is 4. The predicted octanol–water partition coefficient (Wildman–Crippen LogP) is 1.93. The molecule has 1 fully saturated rings. The molecule has 16 heavy (non-hydrogen) atoms. The van der Waals surface area contributed by atoms with Crippen LogP contribution >= 0.6 is 11.6 Å². The molecule has 0 aromatic carbocycles. The molecular weight excluding hydrogens is 226 g/mol. The van der Waals surface area contributed by atoms with Crippen molar-refractivity contribution in [1.82, 2.24) is 4.98 Å². The zero-order valence-electron chi connectivity index (χ0n) is 9.53. The Labute approximate surface area is 100 Å². The largest absolute Gasteiger partial charge is 0.396 e. The van der Waals surface area contributed by atoms with Crippen LogP contribution in [0.4, 0.5) is 11.5 Å². The topological polar surface area (TPSA) is 51.4 Å². The molecule has 1 aromatic rings. The van der Waals surface area contributed by atoms with Crippen LogP contribution in [0.2, 0.25) is 5.15 Å². The molecule has 1 saturated heterocycles. The minimum absolute atomic E-state index is 0.172. The van der Waals surface area contributed by atoms with Crippen LogP contribution in [-0.2, 0) is 4.74 Å². The van der Waals surface area contributed by atoms with Crippen LogP contribution in [0.1, 0.15) is 13.8 Å². The van der Waals surface area contributed by atoms with Crippen LogP contribution in [0.25, 0.3) is 0 Å². The molecule has 5 heteroatoms. The highest BCUT2D eigenvalue weighted by Gasteiger charge is 2.28. The Morgan fingerprint density at radius 3 is 2.94 bits per heavy atom. The molecule has 0 spiro atoms. The van der Waals surface area contributed by atoms with Gasteiger partial charge in [0.05, 0.1) is 17.9 Å². The fourth-order valence-electron chi connectivity index (χ4n) is 1.89. The number of pyridine rings is 1. The molecule has 0 unspecified atom stereocenters. The summed E-state index contributed by atoms with van der Waals surface area (Å²) in [5.41, 5.74) is 6.39. The van der Waals surface area contributed by atoms with Gasteiger partial charge in [-0.15, -0.1) is 0 Å². The van der Waals surface area contributed by atoms with Gasteiger partial charge in [-0.2, -0.15) is 0 Å². The molecule has 2 rings (SSSR count). The van der Waals surface area contributed by atoms with Crippen molar-refractivity contribution >= 4 is 23.1 Å². The molecule has 0 atom stereocenters. The molecule has 1 aromatic heterocycles. The van der Waals surface area contributed by atoms with E-state index in [0.717, 1.165) is 18.9 Å². The first kappa shape index (κ1) is 11.5. The van der Waals surface area contributed by atoms with Gasteiger partial charge in [0.25, 0.3) is 0 Å². The molecule has 0 aliphatic carbocycles. The van der Waals surface area contributed by atoms with Crippen molar-refractivity contribution in [2.75, 3.05) is 30.3 Å². The molecular formula is C11H16ClN3O. The number of anilines is 2. The van der Waals surface area contributed by atoms with E-state index in [4.69, 9.17) is 22.1 Å². The molecule has 4 nitrogen and oxygen atoms in total. The first-order chi connectivity index (χ1) is 7.48. The Kier molecular flexibility index (Phi) is 2.95. The predicted molar refractivity (Wildman–Crippen MR) is 65.9 cm³/mol. The van der Waals surface area contributed by atoms with Crippen LogP contribution in [0.5, 0.6) is 0 Å². The number of nitrogens with two attached hydrogens (primary N) is 1. The fourth-order valence-corrected chi connectivity index (χ4v) is 2.03. The van der Waals surface area contributed by atoms with E-state index in [-0.39, 0.29) is 5.60 Å². The van der Waals surface area contributed by atoms with E-state index >= 15 is 0 Å². The van der Waals surface area contributed by atoms with Gasteiger partial charge in [0.2, 0.25) is 0 Å². The maximum atomic E-state index is 5.91. The van der Waals surface area contributed by atoms with Crippen molar-refractivity contribution in [1.29, 1.82) is 0 Å². The average Bonchev–Trinajstić information content (AvgIpc) is 2.20. The summed E-state index contributed by atoms with van der Waals surface area (Å²) in [4.78, 5) is 6.39. The van der Waals surface area contributed by atoms with Gasteiger partial charge in [-0.1, -0.05) is 11.6 Å². The van der Waals surface area contributed by atoms with Gasteiger partial charge in [-0.05, 0) is 26.0 Å². The Morgan fingerprint density at radius 2 is 2.25 bits per heavy atom. The van der Waals surface area contributed by atoms with Gasteiger partial charge in [-0.25, -0.2) is 4.98 Å². The van der Waals surface area contributed by atoms with Gasteiger partial charge >= 0.3 is 0 Å². The third kappa shape index (κ3) is 2.39. The summed E-state index contributed by atoms with van der Waals surface area (Å²) in [5.74, 6) is 0.754. The summed E-state index contributed by atoms with van der Waals surface area (Å²) >= 11 is 5.88. The van der Waals surface area contributed by atoms with E-state index < -0.39 is 0 Å². The smallest absolute Gasteiger partial charge is 0.153 e. The van der Waals surface area contributed by atoms with Crippen molar-refractivity contribution in [2.24, 2.45) is 0 Å². The Morgan fingerprint density at radius 1 is 1.50 bits per heavy atom. The zero-order valence-corrected chi connectivity index (χ0v) is 10.3. The van der Waals surface area contributed by atoms with E-state index in [2.05, 4.69) is 23.7 Å². The normalized spacial score (nSPS) is 19.8. The Balaban J connectivity index is 2.26.